The monoisotopic (exact) mass is 297 g/mol. The summed E-state index contributed by atoms with van der Waals surface area (Å²) in [6.45, 7) is 6.14. The molecular formula is C17H31NO3. The number of unbranched alkanes of at least 4 members (excludes halogenated alkanes) is 6. The molecule has 122 valence electrons. The molecule has 0 aromatic heterocycles. The van der Waals surface area contributed by atoms with Crippen LogP contribution in [0, 0.1) is 5.92 Å². The van der Waals surface area contributed by atoms with E-state index in [2.05, 4.69) is 13.8 Å². The summed E-state index contributed by atoms with van der Waals surface area (Å²) in [5.74, 6) is -0.324. The minimum absolute atomic E-state index is 0.102. The lowest BCUT2D eigenvalue weighted by molar-refractivity contribution is -0.148. The molecule has 0 spiro atoms. The third kappa shape index (κ3) is 6.96. The topological polar surface area (TPSA) is 46.6 Å². The minimum atomic E-state index is -0.241. The van der Waals surface area contributed by atoms with Crippen molar-refractivity contribution in [3.05, 3.63) is 0 Å². The zero-order valence-corrected chi connectivity index (χ0v) is 13.7. The molecule has 1 aliphatic rings. The fraction of sp³-hybridized carbons (Fsp3) is 0.882. The van der Waals surface area contributed by atoms with Crippen molar-refractivity contribution in [2.24, 2.45) is 5.92 Å². The Bertz CT molecular complexity index is 317. The van der Waals surface area contributed by atoms with Crippen LogP contribution in [-0.4, -0.2) is 36.5 Å². The van der Waals surface area contributed by atoms with E-state index in [0.717, 1.165) is 32.2 Å². The molecule has 0 aromatic rings. The molecule has 1 saturated heterocycles. The highest BCUT2D eigenvalue weighted by Gasteiger charge is 2.34. The molecule has 1 amide bonds. The summed E-state index contributed by atoms with van der Waals surface area (Å²) in [4.78, 5) is 25.5. The van der Waals surface area contributed by atoms with Crippen molar-refractivity contribution in [1.82, 2.24) is 4.90 Å². The van der Waals surface area contributed by atoms with E-state index in [-0.39, 0.29) is 17.8 Å². The fourth-order valence-electron chi connectivity index (χ4n) is 2.67. The summed E-state index contributed by atoms with van der Waals surface area (Å²) in [7, 11) is 0. The van der Waals surface area contributed by atoms with Gasteiger partial charge in [0.1, 0.15) is 0 Å². The van der Waals surface area contributed by atoms with E-state index in [4.69, 9.17) is 4.74 Å². The Morgan fingerprint density at radius 3 is 2.48 bits per heavy atom. The molecular weight excluding hydrogens is 266 g/mol. The van der Waals surface area contributed by atoms with Crippen LogP contribution < -0.4 is 0 Å². The number of rotatable bonds is 11. The van der Waals surface area contributed by atoms with Crippen LogP contribution in [0.5, 0.6) is 0 Å². The van der Waals surface area contributed by atoms with Gasteiger partial charge >= 0.3 is 5.97 Å². The van der Waals surface area contributed by atoms with E-state index in [9.17, 15) is 9.59 Å². The normalized spacial score (nSPS) is 18.3. The maximum absolute atomic E-state index is 11.9. The Morgan fingerprint density at radius 2 is 1.76 bits per heavy atom. The molecule has 0 radical (unpaired) electrons. The minimum Gasteiger partial charge on any atom is -0.465 e. The summed E-state index contributed by atoms with van der Waals surface area (Å²) >= 11 is 0. The third-order valence-electron chi connectivity index (χ3n) is 4.07. The molecule has 1 atom stereocenters. The largest absolute Gasteiger partial charge is 0.465 e. The van der Waals surface area contributed by atoms with Crippen LogP contribution >= 0.6 is 0 Å². The molecule has 0 aromatic carbocycles. The molecule has 4 heteroatoms. The van der Waals surface area contributed by atoms with Gasteiger partial charge in [-0.15, -0.1) is 0 Å². The van der Waals surface area contributed by atoms with Gasteiger partial charge in [-0.05, 0) is 12.8 Å². The molecule has 0 saturated carbocycles. The van der Waals surface area contributed by atoms with Gasteiger partial charge in [0.2, 0.25) is 5.91 Å². The highest BCUT2D eigenvalue weighted by Crippen LogP contribution is 2.19. The number of carbonyl (C=O) groups is 2. The van der Waals surface area contributed by atoms with Crippen molar-refractivity contribution in [3.63, 3.8) is 0 Å². The lowest BCUT2D eigenvalue weighted by atomic mass is 10.1. The first-order valence-electron chi connectivity index (χ1n) is 8.63. The number of nitrogens with zero attached hydrogens (tertiary/aromatic N) is 1. The van der Waals surface area contributed by atoms with E-state index in [0.29, 0.717) is 19.6 Å². The van der Waals surface area contributed by atoms with Gasteiger partial charge in [-0.1, -0.05) is 52.4 Å². The van der Waals surface area contributed by atoms with Crippen LogP contribution in [0.4, 0.5) is 0 Å². The highest BCUT2D eigenvalue weighted by molar-refractivity contribution is 5.86. The number of hydrogen-bond acceptors (Lipinski definition) is 3. The smallest absolute Gasteiger partial charge is 0.311 e. The van der Waals surface area contributed by atoms with E-state index in [1.807, 2.05) is 0 Å². The Morgan fingerprint density at radius 1 is 1.10 bits per heavy atom. The van der Waals surface area contributed by atoms with Gasteiger partial charge in [0.05, 0.1) is 12.5 Å². The van der Waals surface area contributed by atoms with E-state index in [1.165, 1.54) is 25.7 Å². The van der Waals surface area contributed by atoms with Gasteiger partial charge in [-0.2, -0.15) is 0 Å². The number of esters is 1. The molecule has 0 N–H and O–H groups in total. The van der Waals surface area contributed by atoms with Crippen molar-refractivity contribution in [2.45, 2.75) is 71.6 Å². The summed E-state index contributed by atoms with van der Waals surface area (Å²) in [6, 6.07) is 0. The van der Waals surface area contributed by atoms with Crippen molar-refractivity contribution in [3.8, 4) is 0 Å². The van der Waals surface area contributed by atoms with Crippen LogP contribution in [0.1, 0.15) is 71.6 Å². The summed E-state index contributed by atoms with van der Waals surface area (Å²) < 4.78 is 5.32. The van der Waals surface area contributed by atoms with Crippen molar-refractivity contribution in [2.75, 3.05) is 19.7 Å². The molecule has 0 bridgehead atoms. The van der Waals surface area contributed by atoms with Crippen molar-refractivity contribution >= 4 is 11.9 Å². The Labute approximate surface area is 129 Å². The first-order valence-corrected chi connectivity index (χ1v) is 8.63. The number of likely N-dealkylation sites (tertiary alicyclic amines) is 1. The second-order valence-corrected chi connectivity index (χ2v) is 6.03. The van der Waals surface area contributed by atoms with Crippen molar-refractivity contribution < 1.29 is 14.3 Å². The molecule has 0 aliphatic carbocycles. The molecule has 1 heterocycles. The molecule has 21 heavy (non-hydrogen) atoms. The van der Waals surface area contributed by atoms with E-state index in [1.54, 1.807) is 4.90 Å². The summed E-state index contributed by atoms with van der Waals surface area (Å²) in [5, 5.41) is 0. The van der Waals surface area contributed by atoms with Crippen LogP contribution in [-0.2, 0) is 14.3 Å². The molecule has 1 fully saturated rings. The summed E-state index contributed by atoms with van der Waals surface area (Å²) in [6.07, 6.45) is 9.50. The molecule has 1 rings (SSSR count). The Hall–Kier alpha value is -1.06. The molecule has 4 nitrogen and oxygen atoms in total. The summed E-state index contributed by atoms with van der Waals surface area (Å²) in [5.41, 5.74) is 0. The second kappa shape index (κ2) is 10.6. The van der Waals surface area contributed by atoms with Gasteiger partial charge < -0.3 is 9.64 Å². The number of hydrogen-bond donors (Lipinski definition) is 0. The lowest BCUT2D eigenvalue weighted by Crippen LogP contribution is -2.27. The quantitative estimate of drug-likeness (QED) is 0.433. The number of amides is 1. The predicted octanol–water partition coefficient (Wildman–Crippen LogP) is 3.54. The standard InChI is InChI=1S/C17H31NO3/c1-3-5-7-8-9-10-12-21-17(20)15-13-16(19)18(14-15)11-6-4-2/h15H,3-14H2,1-2H3. The number of ether oxygens (including phenoxy) is 1. The predicted molar refractivity (Wildman–Crippen MR) is 83.9 cm³/mol. The maximum Gasteiger partial charge on any atom is 0.311 e. The maximum atomic E-state index is 11.9. The first kappa shape index (κ1) is 18.0. The average molecular weight is 297 g/mol. The zero-order chi connectivity index (χ0) is 15.5. The van der Waals surface area contributed by atoms with Gasteiger partial charge in [-0.25, -0.2) is 0 Å². The van der Waals surface area contributed by atoms with Crippen molar-refractivity contribution in [1.29, 1.82) is 0 Å². The van der Waals surface area contributed by atoms with Crippen LogP contribution in [0.25, 0.3) is 0 Å². The zero-order valence-electron chi connectivity index (χ0n) is 13.7. The third-order valence-corrected chi connectivity index (χ3v) is 4.07. The first-order chi connectivity index (χ1) is 10.2. The fourth-order valence-corrected chi connectivity index (χ4v) is 2.67. The van der Waals surface area contributed by atoms with E-state index < -0.39 is 0 Å². The molecule has 1 unspecified atom stereocenters. The van der Waals surface area contributed by atoms with Gasteiger partial charge in [0.15, 0.2) is 0 Å². The Kier molecular flexibility index (Phi) is 9.11. The van der Waals surface area contributed by atoms with Gasteiger partial charge in [0.25, 0.3) is 0 Å². The Balaban J connectivity index is 2.11. The second-order valence-electron chi connectivity index (χ2n) is 6.03. The van der Waals surface area contributed by atoms with Crippen LogP contribution in [0.2, 0.25) is 0 Å². The van der Waals surface area contributed by atoms with Gasteiger partial charge in [0, 0.05) is 19.5 Å². The van der Waals surface area contributed by atoms with E-state index >= 15 is 0 Å². The lowest BCUT2D eigenvalue weighted by Gasteiger charge is -2.15. The average Bonchev–Trinajstić information content (AvgIpc) is 2.85. The number of carbonyl (C=O) groups excluding carboxylic acids is 2. The van der Waals surface area contributed by atoms with Gasteiger partial charge in [-0.3, -0.25) is 9.59 Å². The van der Waals surface area contributed by atoms with Crippen LogP contribution in [0.15, 0.2) is 0 Å². The highest BCUT2D eigenvalue weighted by atomic mass is 16.5. The SMILES string of the molecule is CCCCCCCCOC(=O)C1CC(=O)N(CCCC)C1. The molecule has 1 aliphatic heterocycles. The van der Waals surface area contributed by atoms with Crippen LogP contribution in [0.3, 0.4) is 0 Å².